The first-order valence-electron chi connectivity index (χ1n) is 6.61. The average Bonchev–Trinajstić information content (AvgIpc) is 2.67. The molecule has 0 saturated carbocycles. The molecule has 20 heavy (non-hydrogen) atoms. The van der Waals surface area contributed by atoms with E-state index in [4.69, 9.17) is 10.5 Å². The molecule has 0 aromatic heterocycles. The summed E-state index contributed by atoms with van der Waals surface area (Å²) in [5.41, 5.74) is 7.02. The maximum atomic E-state index is 12.2. The molecule has 0 bridgehead atoms. The van der Waals surface area contributed by atoms with Crippen LogP contribution >= 0.6 is 0 Å². The molecule has 2 rings (SSSR count). The first kappa shape index (κ1) is 14.2. The number of hydrogen-bond acceptors (Lipinski definition) is 4. The first-order chi connectivity index (χ1) is 9.56. The number of methoxy groups -OCH3 is 1. The lowest BCUT2D eigenvalue weighted by atomic mass is 10.1. The normalized spacial score (nSPS) is 18.3. The van der Waals surface area contributed by atoms with Crippen molar-refractivity contribution in [1.82, 2.24) is 10.2 Å². The number of urea groups is 1. The summed E-state index contributed by atoms with van der Waals surface area (Å²) in [7, 11) is 1.54. The number of carbonyl (C=O) groups is 2. The summed E-state index contributed by atoms with van der Waals surface area (Å²) in [6.45, 7) is 2.14. The van der Waals surface area contributed by atoms with Crippen LogP contribution in [0, 0.1) is 0 Å². The van der Waals surface area contributed by atoms with Crippen molar-refractivity contribution < 1.29 is 14.3 Å². The number of nitrogens with two attached hydrogens (primary N) is 1. The minimum atomic E-state index is -0.417. The molecule has 1 aromatic carbocycles. The van der Waals surface area contributed by atoms with Gasteiger partial charge in [0.15, 0.2) is 0 Å². The molecule has 1 aliphatic heterocycles. The summed E-state index contributed by atoms with van der Waals surface area (Å²) >= 11 is 0. The zero-order valence-corrected chi connectivity index (χ0v) is 11.7. The number of hydrogen-bond donors (Lipinski definition) is 2. The zero-order valence-electron chi connectivity index (χ0n) is 11.7. The van der Waals surface area contributed by atoms with E-state index in [1.165, 1.54) is 4.90 Å². The summed E-state index contributed by atoms with van der Waals surface area (Å²) in [6, 6.07) is 4.38. The Kier molecular flexibility index (Phi) is 4.12. The Balaban J connectivity index is 2.19. The zero-order chi connectivity index (χ0) is 14.7. The van der Waals surface area contributed by atoms with E-state index in [1.807, 2.05) is 6.92 Å². The summed E-state index contributed by atoms with van der Waals surface area (Å²) in [4.78, 5) is 25.3. The number of carbonyl (C=O) groups excluding carboxylic acids is 2. The number of amides is 3. The van der Waals surface area contributed by atoms with E-state index >= 15 is 0 Å². The Labute approximate surface area is 117 Å². The minimum Gasteiger partial charge on any atom is -0.496 e. The van der Waals surface area contributed by atoms with Gasteiger partial charge < -0.3 is 15.8 Å². The third-order valence-corrected chi connectivity index (χ3v) is 3.32. The monoisotopic (exact) mass is 277 g/mol. The van der Waals surface area contributed by atoms with Crippen LogP contribution in [0.5, 0.6) is 5.75 Å². The predicted octanol–water partition coefficient (Wildman–Crippen LogP) is 1.50. The molecule has 0 aliphatic carbocycles. The first-order valence-corrected chi connectivity index (χ1v) is 6.61. The van der Waals surface area contributed by atoms with Crippen LogP contribution in [0.3, 0.4) is 0 Å². The number of rotatable bonds is 5. The third-order valence-electron chi connectivity index (χ3n) is 3.32. The van der Waals surface area contributed by atoms with Gasteiger partial charge in [0, 0.05) is 11.3 Å². The second-order valence-corrected chi connectivity index (χ2v) is 4.79. The Morgan fingerprint density at radius 1 is 1.40 bits per heavy atom. The van der Waals surface area contributed by atoms with E-state index in [0.717, 1.165) is 6.42 Å². The molecule has 1 saturated heterocycles. The minimum absolute atomic E-state index is 0.166. The highest BCUT2D eigenvalue weighted by Crippen LogP contribution is 2.24. The molecule has 1 aromatic rings. The summed E-state index contributed by atoms with van der Waals surface area (Å²) in [5.74, 6) is 0.417. The Morgan fingerprint density at radius 3 is 2.80 bits per heavy atom. The van der Waals surface area contributed by atoms with Gasteiger partial charge in [-0.1, -0.05) is 13.3 Å². The second-order valence-electron chi connectivity index (χ2n) is 4.79. The maximum absolute atomic E-state index is 12.2. The molecular formula is C14H19N3O3. The fraction of sp³-hybridized carbons (Fsp3) is 0.429. The van der Waals surface area contributed by atoms with E-state index in [0.29, 0.717) is 23.4 Å². The Bertz CT molecular complexity index is 530. The topological polar surface area (TPSA) is 84.7 Å². The van der Waals surface area contributed by atoms with Crippen molar-refractivity contribution in [3.05, 3.63) is 23.8 Å². The quantitative estimate of drug-likeness (QED) is 0.631. The number of benzene rings is 1. The fourth-order valence-corrected chi connectivity index (χ4v) is 2.30. The highest BCUT2D eigenvalue weighted by atomic mass is 16.5. The lowest BCUT2D eigenvalue weighted by Gasteiger charge is -2.16. The van der Waals surface area contributed by atoms with E-state index in [9.17, 15) is 9.59 Å². The lowest BCUT2D eigenvalue weighted by molar-refractivity contribution is -0.128. The van der Waals surface area contributed by atoms with Crippen molar-refractivity contribution in [2.75, 3.05) is 12.8 Å². The van der Waals surface area contributed by atoms with E-state index in [1.54, 1.807) is 25.3 Å². The third kappa shape index (κ3) is 2.68. The van der Waals surface area contributed by atoms with Crippen molar-refractivity contribution >= 4 is 17.6 Å². The predicted molar refractivity (Wildman–Crippen MR) is 75.2 cm³/mol. The fourth-order valence-electron chi connectivity index (χ4n) is 2.30. The number of nitrogen functional groups attached to an aromatic ring is 1. The Hall–Kier alpha value is -2.24. The van der Waals surface area contributed by atoms with Crippen LogP contribution in [0.2, 0.25) is 0 Å². The van der Waals surface area contributed by atoms with Gasteiger partial charge in [-0.05, 0) is 24.6 Å². The molecule has 3 N–H and O–H groups in total. The van der Waals surface area contributed by atoms with Gasteiger partial charge in [-0.25, -0.2) is 4.79 Å². The van der Waals surface area contributed by atoms with Gasteiger partial charge in [-0.2, -0.15) is 0 Å². The molecule has 6 heteroatoms. The molecule has 1 aliphatic rings. The molecule has 3 amide bonds. The van der Waals surface area contributed by atoms with Crippen molar-refractivity contribution in [2.45, 2.75) is 32.4 Å². The lowest BCUT2D eigenvalue weighted by Crippen LogP contribution is -2.31. The van der Waals surface area contributed by atoms with Crippen LogP contribution in [0.4, 0.5) is 10.5 Å². The second kappa shape index (κ2) is 5.81. The number of anilines is 1. The van der Waals surface area contributed by atoms with Crippen LogP contribution in [0.1, 0.15) is 25.3 Å². The van der Waals surface area contributed by atoms with Crippen LogP contribution in [0.15, 0.2) is 18.2 Å². The number of ether oxygens (including phenoxy) is 1. The molecule has 1 unspecified atom stereocenters. The SMILES string of the molecule is CCCC1NC(=O)N(Cc2cc(N)ccc2OC)C1=O. The average molecular weight is 277 g/mol. The van der Waals surface area contributed by atoms with Crippen molar-refractivity contribution in [3.63, 3.8) is 0 Å². The largest absolute Gasteiger partial charge is 0.496 e. The smallest absolute Gasteiger partial charge is 0.325 e. The van der Waals surface area contributed by atoms with Gasteiger partial charge in [0.1, 0.15) is 11.8 Å². The Morgan fingerprint density at radius 2 is 2.15 bits per heavy atom. The van der Waals surface area contributed by atoms with Crippen LogP contribution in [-0.2, 0) is 11.3 Å². The maximum Gasteiger partial charge on any atom is 0.325 e. The summed E-state index contributed by atoms with van der Waals surface area (Å²) in [5, 5.41) is 2.69. The molecule has 1 atom stereocenters. The summed E-state index contributed by atoms with van der Waals surface area (Å²) in [6.07, 6.45) is 1.49. The highest BCUT2D eigenvalue weighted by molar-refractivity contribution is 6.04. The molecule has 108 valence electrons. The van der Waals surface area contributed by atoms with Gasteiger partial charge in [-0.15, -0.1) is 0 Å². The highest BCUT2D eigenvalue weighted by Gasteiger charge is 2.37. The number of nitrogens with one attached hydrogen (secondary N) is 1. The van der Waals surface area contributed by atoms with Gasteiger partial charge >= 0.3 is 6.03 Å². The van der Waals surface area contributed by atoms with Gasteiger partial charge in [-0.3, -0.25) is 9.69 Å². The number of nitrogens with zero attached hydrogens (tertiary/aromatic N) is 1. The van der Waals surface area contributed by atoms with Crippen molar-refractivity contribution in [3.8, 4) is 5.75 Å². The molecule has 1 heterocycles. The molecule has 6 nitrogen and oxygen atoms in total. The van der Waals surface area contributed by atoms with Crippen molar-refractivity contribution in [1.29, 1.82) is 0 Å². The summed E-state index contributed by atoms with van der Waals surface area (Å²) < 4.78 is 5.23. The number of imide groups is 1. The standard InChI is InChI=1S/C14H19N3O3/c1-3-4-11-13(18)17(14(19)16-11)8-9-7-10(15)5-6-12(9)20-2/h5-7,11H,3-4,8,15H2,1-2H3,(H,16,19). The van der Waals surface area contributed by atoms with Gasteiger partial charge in [0.2, 0.25) is 0 Å². The molecular weight excluding hydrogens is 258 g/mol. The van der Waals surface area contributed by atoms with Gasteiger partial charge in [0.25, 0.3) is 5.91 Å². The van der Waals surface area contributed by atoms with E-state index in [2.05, 4.69) is 5.32 Å². The van der Waals surface area contributed by atoms with E-state index < -0.39 is 6.04 Å². The molecule has 0 spiro atoms. The molecule has 1 fully saturated rings. The van der Waals surface area contributed by atoms with Gasteiger partial charge in [0.05, 0.1) is 13.7 Å². The van der Waals surface area contributed by atoms with Crippen LogP contribution < -0.4 is 15.8 Å². The van der Waals surface area contributed by atoms with Crippen LogP contribution in [0.25, 0.3) is 0 Å². The van der Waals surface area contributed by atoms with Crippen molar-refractivity contribution in [2.24, 2.45) is 0 Å². The van der Waals surface area contributed by atoms with Crippen LogP contribution in [-0.4, -0.2) is 30.0 Å². The van der Waals surface area contributed by atoms with E-state index in [-0.39, 0.29) is 18.5 Å². The molecule has 0 radical (unpaired) electrons.